The predicted molar refractivity (Wildman–Crippen MR) is 123 cm³/mol. The molecule has 2 aromatic rings. The van der Waals surface area contributed by atoms with E-state index in [-0.39, 0.29) is 17.4 Å². The van der Waals surface area contributed by atoms with E-state index in [1.54, 1.807) is 12.1 Å². The Kier molecular flexibility index (Phi) is 7.89. The molecule has 0 radical (unpaired) electrons. The van der Waals surface area contributed by atoms with Crippen molar-refractivity contribution in [1.29, 1.82) is 0 Å². The van der Waals surface area contributed by atoms with Crippen LogP contribution in [0.1, 0.15) is 31.4 Å². The fourth-order valence-electron chi connectivity index (χ4n) is 3.49. The van der Waals surface area contributed by atoms with E-state index in [2.05, 4.69) is 10.2 Å². The molecule has 2 aromatic carbocycles. The van der Waals surface area contributed by atoms with E-state index in [9.17, 15) is 14.4 Å². The molecule has 0 unspecified atom stereocenters. The van der Waals surface area contributed by atoms with Crippen LogP contribution in [0.2, 0.25) is 5.02 Å². The molecule has 168 valence electrons. The Morgan fingerprint density at radius 3 is 2.56 bits per heavy atom. The Bertz CT molecular complexity index is 1050. The SMILES string of the molecule is CC(=O)Oc1ccc(/C=C/C(=O)NCCCN2CCc3cc(Cl)ccc32)cc1OC(C)=O. The lowest BCUT2D eigenvalue weighted by Crippen LogP contribution is -2.28. The molecule has 1 aliphatic heterocycles. The smallest absolute Gasteiger partial charge is 0.308 e. The van der Waals surface area contributed by atoms with E-state index in [4.69, 9.17) is 21.1 Å². The van der Waals surface area contributed by atoms with E-state index < -0.39 is 11.9 Å². The summed E-state index contributed by atoms with van der Waals surface area (Å²) in [7, 11) is 0. The lowest BCUT2D eigenvalue weighted by atomic mass is 10.2. The summed E-state index contributed by atoms with van der Waals surface area (Å²) in [5.41, 5.74) is 3.10. The van der Waals surface area contributed by atoms with Crippen molar-refractivity contribution in [2.75, 3.05) is 24.5 Å². The van der Waals surface area contributed by atoms with Gasteiger partial charge in [-0.15, -0.1) is 0 Å². The molecule has 3 rings (SSSR count). The third kappa shape index (κ3) is 6.59. The van der Waals surface area contributed by atoms with Gasteiger partial charge in [-0.1, -0.05) is 17.7 Å². The number of benzene rings is 2. The second-order valence-corrected chi connectivity index (χ2v) is 7.82. The standard InChI is InChI=1S/C24H25ClN2O5/c1-16(28)31-22-8-4-18(14-23(22)32-17(2)29)5-9-24(30)26-11-3-12-27-13-10-19-15-20(25)6-7-21(19)27/h4-9,14-15H,3,10-13H2,1-2H3,(H,26,30)/b9-5+. The zero-order valence-corrected chi connectivity index (χ0v) is 18.8. The van der Waals surface area contributed by atoms with Gasteiger partial charge in [0.25, 0.3) is 0 Å². The zero-order valence-electron chi connectivity index (χ0n) is 18.0. The molecule has 0 fully saturated rings. The minimum Gasteiger partial charge on any atom is -0.423 e. The zero-order chi connectivity index (χ0) is 23.1. The number of fused-ring (bicyclic) bond motifs is 1. The van der Waals surface area contributed by atoms with E-state index in [1.807, 2.05) is 18.2 Å². The number of ether oxygens (including phenoxy) is 2. The molecule has 0 atom stereocenters. The van der Waals surface area contributed by atoms with Crippen molar-refractivity contribution in [3.8, 4) is 11.5 Å². The topological polar surface area (TPSA) is 84.9 Å². The van der Waals surface area contributed by atoms with Gasteiger partial charge in [-0.3, -0.25) is 14.4 Å². The van der Waals surface area contributed by atoms with Gasteiger partial charge in [-0.2, -0.15) is 0 Å². The second-order valence-electron chi connectivity index (χ2n) is 7.38. The first-order valence-electron chi connectivity index (χ1n) is 10.3. The van der Waals surface area contributed by atoms with Crippen molar-refractivity contribution < 1.29 is 23.9 Å². The summed E-state index contributed by atoms with van der Waals surface area (Å²) in [6.45, 7) is 4.86. The van der Waals surface area contributed by atoms with Crippen LogP contribution in [0.4, 0.5) is 5.69 Å². The molecule has 0 aromatic heterocycles. The van der Waals surface area contributed by atoms with Crippen LogP contribution in [0.5, 0.6) is 11.5 Å². The minimum atomic E-state index is -0.541. The monoisotopic (exact) mass is 456 g/mol. The van der Waals surface area contributed by atoms with Crippen molar-refractivity contribution in [3.05, 3.63) is 58.6 Å². The van der Waals surface area contributed by atoms with Gasteiger partial charge in [0.15, 0.2) is 11.5 Å². The molecule has 1 heterocycles. The van der Waals surface area contributed by atoms with Gasteiger partial charge >= 0.3 is 11.9 Å². The molecule has 0 saturated heterocycles. The number of nitrogens with zero attached hydrogens (tertiary/aromatic N) is 1. The van der Waals surface area contributed by atoms with Crippen LogP contribution in [-0.2, 0) is 20.8 Å². The summed E-state index contributed by atoms with van der Waals surface area (Å²) in [6, 6.07) is 10.7. The molecular weight excluding hydrogens is 432 g/mol. The molecule has 8 heteroatoms. The number of rotatable bonds is 8. The van der Waals surface area contributed by atoms with Crippen LogP contribution >= 0.6 is 11.6 Å². The van der Waals surface area contributed by atoms with Crippen LogP contribution < -0.4 is 19.7 Å². The lowest BCUT2D eigenvalue weighted by Gasteiger charge is -2.19. The first-order valence-corrected chi connectivity index (χ1v) is 10.7. The van der Waals surface area contributed by atoms with Crippen molar-refractivity contribution in [2.45, 2.75) is 26.7 Å². The third-order valence-electron chi connectivity index (χ3n) is 4.84. The van der Waals surface area contributed by atoms with Crippen molar-refractivity contribution >= 4 is 41.2 Å². The van der Waals surface area contributed by atoms with E-state index in [1.165, 1.54) is 43.3 Å². The maximum atomic E-state index is 12.1. The highest BCUT2D eigenvalue weighted by Crippen LogP contribution is 2.30. The molecule has 1 N–H and O–H groups in total. The van der Waals surface area contributed by atoms with Crippen molar-refractivity contribution in [3.63, 3.8) is 0 Å². The molecule has 1 aliphatic rings. The average Bonchev–Trinajstić information content (AvgIpc) is 3.12. The normalized spacial score (nSPS) is 12.5. The van der Waals surface area contributed by atoms with Crippen molar-refractivity contribution in [1.82, 2.24) is 5.32 Å². The summed E-state index contributed by atoms with van der Waals surface area (Å²) in [5, 5.41) is 3.62. The fourth-order valence-corrected chi connectivity index (χ4v) is 3.68. The molecule has 0 bridgehead atoms. The van der Waals surface area contributed by atoms with Gasteiger partial charge in [0.2, 0.25) is 5.91 Å². The molecule has 0 saturated carbocycles. The first kappa shape index (κ1) is 23.3. The minimum absolute atomic E-state index is 0.113. The van der Waals surface area contributed by atoms with E-state index in [0.29, 0.717) is 12.1 Å². The third-order valence-corrected chi connectivity index (χ3v) is 5.07. The number of carbonyl (C=O) groups excluding carboxylic acids is 3. The largest absolute Gasteiger partial charge is 0.423 e. The van der Waals surface area contributed by atoms with Crippen LogP contribution in [0, 0.1) is 0 Å². The Balaban J connectivity index is 1.49. The first-order chi connectivity index (χ1) is 15.3. The highest BCUT2D eigenvalue weighted by molar-refractivity contribution is 6.30. The summed E-state index contributed by atoms with van der Waals surface area (Å²) in [6.07, 6.45) is 4.80. The second kappa shape index (κ2) is 10.8. The van der Waals surface area contributed by atoms with Gasteiger partial charge < -0.3 is 19.7 Å². The molecule has 0 aliphatic carbocycles. The van der Waals surface area contributed by atoms with Crippen LogP contribution in [0.3, 0.4) is 0 Å². The van der Waals surface area contributed by atoms with Crippen LogP contribution in [0.15, 0.2) is 42.5 Å². The van der Waals surface area contributed by atoms with Crippen molar-refractivity contribution in [2.24, 2.45) is 0 Å². The van der Waals surface area contributed by atoms with E-state index in [0.717, 1.165) is 31.0 Å². The number of carbonyl (C=O) groups is 3. The molecule has 0 spiro atoms. The number of esters is 2. The number of amides is 1. The Morgan fingerprint density at radius 2 is 1.81 bits per heavy atom. The summed E-state index contributed by atoms with van der Waals surface area (Å²) in [4.78, 5) is 36.9. The Morgan fingerprint density at radius 1 is 1.06 bits per heavy atom. The van der Waals surface area contributed by atoms with Crippen LogP contribution in [0.25, 0.3) is 6.08 Å². The van der Waals surface area contributed by atoms with Gasteiger partial charge in [0, 0.05) is 50.3 Å². The number of hydrogen-bond acceptors (Lipinski definition) is 6. The highest BCUT2D eigenvalue weighted by atomic mass is 35.5. The maximum Gasteiger partial charge on any atom is 0.308 e. The van der Waals surface area contributed by atoms with Gasteiger partial charge in [0.1, 0.15) is 0 Å². The average molecular weight is 457 g/mol. The van der Waals surface area contributed by atoms with Gasteiger partial charge in [0.05, 0.1) is 0 Å². The quantitative estimate of drug-likeness (QED) is 0.282. The summed E-state index contributed by atoms with van der Waals surface area (Å²) < 4.78 is 10.1. The number of halogens is 1. The van der Waals surface area contributed by atoms with Gasteiger partial charge in [-0.25, -0.2) is 0 Å². The van der Waals surface area contributed by atoms with Gasteiger partial charge in [-0.05, 0) is 60.4 Å². The molecular formula is C24H25ClN2O5. The number of anilines is 1. The maximum absolute atomic E-state index is 12.1. The Labute approximate surface area is 191 Å². The van der Waals surface area contributed by atoms with Crippen LogP contribution in [-0.4, -0.2) is 37.5 Å². The molecule has 32 heavy (non-hydrogen) atoms. The molecule has 7 nitrogen and oxygen atoms in total. The lowest BCUT2D eigenvalue weighted by molar-refractivity contribution is -0.134. The fraction of sp³-hybridized carbons (Fsp3) is 0.292. The van der Waals surface area contributed by atoms with E-state index >= 15 is 0 Å². The number of nitrogens with one attached hydrogen (secondary N) is 1. The number of hydrogen-bond donors (Lipinski definition) is 1. The molecule has 1 amide bonds. The highest BCUT2D eigenvalue weighted by Gasteiger charge is 2.18. The predicted octanol–water partition coefficient (Wildman–Crippen LogP) is 3.77. The summed E-state index contributed by atoms with van der Waals surface area (Å²) >= 11 is 6.05. The summed E-state index contributed by atoms with van der Waals surface area (Å²) in [5.74, 6) is -1.04. The Hall–Kier alpha value is -3.32.